The van der Waals surface area contributed by atoms with Gasteiger partial charge in [0.15, 0.2) is 5.52 Å². The van der Waals surface area contributed by atoms with Crippen molar-refractivity contribution in [1.29, 1.82) is 0 Å². The fourth-order valence-corrected chi connectivity index (χ4v) is 1.12. The Morgan fingerprint density at radius 2 is 2.23 bits per heavy atom. The summed E-state index contributed by atoms with van der Waals surface area (Å²) < 4.78 is 1.46. The van der Waals surface area contributed by atoms with Crippen LogP contribution < -0.4 is 5.56 Å². The third kappa shape index (κ3) is 1.09. The predicted octanol–water partition coefficient (Wildman–Crippen LogP) is 0.0319. The molecule has 2 aromatic heterocycles. The van der Waals surface area contributed by atoms with E-state index < -0.39 is 0 Å². The molecule has 0 saturated carbocycles. The van der Waals surface area contributed by atoms with E-state index in [4.69, 9.17) is 0 Å². The summed E-state index contributed by atoms with van der Waals surface area (Å²) >= 11 is 0. The number of aryl methyl sites for hydroxylation is 1. The van der Waals surface area contributed by atoms with E-state index in [9.17, 15) is 4.79 Å². The summed E-state index contributed by atoms with van der Waals surface area (Å²) in [6.07, 6.45) is 1.52. The molecule has 0 aromatic carbocycles. The molecule has 0 bridgehead atoms. The van der Waals surface area contributed by atoms with Crippen molar-refractivity contribution in [3.05, 3.63) is 28.4 Å². The molecule has 66 valence electrons. The van der Waals surface area contributed by atoms with Crippen molar-refractivity contribution in [3.8, 4) is 0 Å². The third-order valence-corrected chi connectivity index (χ3v) is 1.97. The maximum absolute atomic E-state index is 11.6. The minimum Gasteiger partial charge on any atom is -0.298 e. The first-order valence-electron chi connectivity index (χ1n) is 3.85. The third-order valence-electron chi connectivity index (χ3n) is 1.97. The predicted molar refractivity (Wildman–Crippen MR) is 47.3 cm³/mol. The van der Waals surface area contributed by atoms with Crippen molar-refractivity contribution in [3.63, 3.8) is 0 Å². The zero-order valence-electron chi connectivity index (χ0n) is 7.35. The van der Waals surface area contributed by atoms with E-state index in [0.29, 0.717) is 16.9 Å². The van der Waals surface area contributed by atoms with Crippen LogP contribution in [0.25, 0.3) is 11.0 Å². The van der Waals surface area contributed by atoms with Crippen molar-refractivity contribution >= 4 is 11.0 Å². The van der Waals surface area contributed by atoms with Crippen molar-refractivity contribution in [1.82, 2.24) is 19.7 Å². The van der Waals surface area contributed by atoms with Crippen molar-refractivity contribution in [2.45, 2.75) is 6.92 Å². The van der Waals surface area contributed by atoms with Gasteiger partial charge in [-0.2, -0.15) is 5.10 Å². The number of aromatic nitrogens is 4. The second-order valence-electron chi connectivity index (χ2n) is 2.79. The van der Waals surface area contributed by atoms with Gasteiger partial charge in [0.1, 0.15) is 5.82 Å². The fraction of sp³-hybridized carbons (Fsp3) is 0.250. The van der Waals surface area contributed by atoms with Gasteiger partial charge in [-0.15, -0.1) is 5.10 Å². The minimum absolute atomic E-state index is 0.157. The van der Waals surface area contributed by atoms with E-state index in [0.717, 1.165) is 0 Å². The number of hydrogen-bond acceptors (Lipinski definition) is 4. The molecule has 2 heterocycles. The molecule has 2 aromatic rings. The summed E-state index contributed by atoms with van der Waals surface area (Å²) in [6, 6.07) is 1.68. The lowest BCUT2D eigenvalue weighted by molar-refractivity contribution is 0.785. The molecule has 0 unspecified atom stereocenters. The monoisotopic (exact) mass is 176 g/mol. The van der Waals surface area contributed by atoms with Crippen LogP contribution in [0.15, 0.2) is 17.1 Å². The molecule has 0 amide bonds. The fourth-order valence-electron chi connectivity index (χ4n) is 1.12. The molecule has 0 aliphatic carbocycles. The zero-order valence-corrected chi connectivity index (χ0v) is 7.35. The van der Waals surface area contributed by atoms with Gasteiger partial charge in [-0.25, -0.2) is 4.98 Å². The van der Waals surface area contributed by atoms with Crippen molar-refractivity contribution < 1.29 is 0 Å². The van der Waals surface area contributed by atoms with E-state index in [1.54, 1.807) is 20.0 Å². The molecule has 0 aliphatic rings. The van der Waals surface area contributed by atoms with E-state index in [-0.39, 0.29) is 5.56 Å². The maximum atomic E-state index is 11.6. The van der Waals surface area contributed by atoms with Crippen LogP contribution in [0.5, 0.6) is 0 Å². The molecule has 5 nitrogen and oxygen atoms in total. The van der Waals surface area contributed by atoms with Crippen LogP contribution in [0.3, 0.4) is 0 Å². The van der Waals surface area contributed by atoms with Gasteiger partial charge in [0.05, 0.1) is 11.7 Å². The van der Waals surface area contributed by atoms with Gasteiger partial charge in [0, 0.05) is 7.05 Å². The Labute approximate surface area is 74.1 Å². The lowest BCUT2D eigenvalue weighted by Gasteiger charge is -2.02. The normalized spacial score (nSPS) is 10.6. The van der Waals surface area contributed by atoms with Gasteiger partial charge in [0.2, 0.25) is 0 Å². The van der Waals surface area contributed by atoms with Crippen LogP contribution in [0.2, 0.25) is 0 Å². The van der Waals surface area contributed by atoms with E-state index in [2.05, 4.69) is 15.2 Å². The Hall–Kier alpha value is -1.78. The number of hydrogen-bond donors (Lipinski definition) is 0. The molecular formula is C8H8N4O. The molecule has 0 saturated heterocycles. The molecule has 0 spiro atoms. The van der Waals surface area contributed by atoms with Crippen molar-refractivity contribution in [2.24, 2.45) is 7.05 Å². The molecule has 13 heavy (non-hydrogen) atoms. The summed E-state index contributed by atoms with van der Waals surface area (Å²) in [5.41, 5.74) is 0.752. The van der Waals surface area contributed by atoms with Crippen LogP contribution in [-0.4, -0.2) is 19.7 Å². The second kappa shape index (κ2) is 2.62. The van der Waals surface area contributed by atoms with Gasteiger partial charge >= 0.3 is 0 Å². The largest absolute Gasteiger partial charge is 0.298 e. The molecule has 0 atom stereocenters. The van der Waals surface area contributed by atoms with E-state index >= 15 is 0 Å². The first kappa shape index (κ1) is 7.85. The topological polar surface area (TPSA) is 60.7 Å². The summed E-state index contributed by atoms with van der Waals surface area (Å²) in [5.74, 6) is 0.672. The van der Waals surface area contributed by atoms with E-state index in [1.807, 2.05) is 0 Å². The van der Waals surface area contributed by atoms with Crippen LogP contribution in [0.4, 0.5) is 0 Å². The summed E-state index contributed by atoms with van der Waals surface area (Å²) in [6.45, 7) is 1.78. The summed E-state index contributed by atoms with van der Waals surface area (Å²) in [5, 5.41) is 7.38. The summed E-state index contributed by atoms with van der Waals surface area (Å²) in [4.78, 5) is 15.8. The molecular weight excluding hydrogens is 168 g/mol. The molecule has 0 fully saturated rings. The average Bonchev–Trinajstić information content (AvgIpc) is 2.15. The molecule has 0 aliphatic heterocycles. The molecule has 2 rings (SSSR count). The number of nitrogens with zero attached hydrogens (tertiary/aromatic N) is 4. The Bertz CT molecular complexity index is 517. The Morgan fingerprint density at radius 3 is 3.00 bits per heavy atom. The molecule has 5 heteroatoms. The van der Waals surface area contributed by atoms with Crippen LogP contribution in [0, 0.1) is 6.92 Å². The Balaban J connectivity index is 3.03. The first-order chi connectivity index (χ1) is 6.20. The highest BCUT2D eigenvalue weighted by Gasteiger charge is 2.04. The van der Waals surface area contributed by atoms with Gasteiger partial charge in [0.25, 0.3) is 5.56 Å². The molecule has 0 N–H and O–H groups in total. The smallest absolute Gasteiger partial charge is 0.281 e. The lowest BCUT2D eigenvalue weighted by atomic mass is 10.4. The highest BCUT2D eigenvalue weighted by Crippen LogP contribution is 2.01. The highest BCUT2D eigenvalue weighted by molar-refractivity contribution is 5.71. The van der Waals surface area contributed by atoms with Gasteiger partial charge < -0.3 is 0 Å². The minimum atomic E-state index is -0.157. The first-order valence-corrected chi connectivity index (χ1v) is 3.85. The number of fused-ring (bicyclic) bond motifs is 1. The zero-order chi connectivity index (χ0) is 9.42. The van der Waals surface area contributed by atoms with Crippen LogP contribution >= 0.6 is 0 Å². The van der Waals surface area contributed by atoms with E-state index in [1.165, 1.54) is 10.8 Å². The maximum Gasteiger partial charge on any atom is 0.281 e. The Morgan fingerprint density at radius 1 is 1.46 bits per heavy atom. The number of rotatable bonds is 0. The Kier molecular flexibility index (Phi) is 1.58. The standard InChI is InChI=1S/C8H8N4O/c1-5-10-6-3-4-9-11-7(6)8(13)12(5)2/h3-4H,1-2H3. The quantitative estimate of drug-likeness (QED) is 0.568. The SMILES string of the molecule is Cc1nc2ccnnc2c(=O)n1C. The van der Waals surface area contributed by atoms with Gasteiger partial charge in [-0.1, -0.05) is 0 Å². The van der Waals surface area contributed by atoms with Crippen molar-refractivity contribution in [2.75, 3.05) is 0 Å². The lowest BCUT2D eigenvalue weighted by Crippen LogP contribution is -2.21. The second-order valence-corrected chi connectivity index (χ2v) is 2.79. The highest BCUT2D eigenvalue weighted by atomic mass is 16.1. The average molecular weight is 176 g/mol. The summed E-state index contributed by atoms with van der Waals surface area (Å²) in [7, 11) is 1.67. The molecule has 0 radical (unpaired) electrons. The van der Waals surface area contributed by atoms with Crippen LogP contribution in [-0.2, 0) is 7.05 Å². The van der Waals surface area contributed by atoms with Gasteiger partial charge in [-0.05, 0) is 13.0 Å². The van der Waals surface area contributed by atoms with Gasteiger partial charge in [-0.3, -0.25) is 9.36 Å². The van der Waals surface area contributed by atoms with Crippen LogP contribution in [0.1, 0.15) is 5.82 Å².